The van der Waals surface area contributed by atoms with Gasteiger partial charge in [-0.15, -0.1) is 0 Å². The van der Waals surface area contributed by atoms with E-state index in [2.05, 4.69) is 4.98 Å². The zero-order chi connectivity index (χ0) is 20.3. The summed E-state index contributed by atoms with van der Waals surface area (Å²) < 4.78 is 43.0. The van der Waals surface area contributed by atoms with Gasteiger partial charge in [0, 0.05) is 0 Å². The van der Waals surface area contributed by atoms with Gasteiger partial charge in [0.2, 0.25) is 0 Å². The van der Waals surface area contributed by atoms with Crippen LogP contribution in [0.25, 0.3) is 10.2 Å². The Labute approximate surface area is 165 Å². The molecule has 0 saturated heterocycles. The van der Waals surface area contributed by atoms with E-state index in [0.717, 1.165) is 36.6 Å². The van der Waals surface area contributed by atoms with Gasteiger partial charge in [-0.05, 0) is 38.1 Å². The third-order valence-electron chi connectivity index (χ3n) is 4.70. The van der Waals surface area contributed by atoms with Gasteiger partial charge in [-0.3, -0.25) is 9.69 Å². The van der Waals surface area contributed by atoms with E-state index in [0.29, 0.717) is 11.2 Å². The van der Waals surface area contributed by atoms with Crippen LogP contribution in [-0.4, -0.2) is 37.1 Å². The molecule has 0 radical (unpaired) electrons. The smallest absolute Gasteiger partial charge is 0.266 e. The van der Waals surface area contributed by atoms with E-state index in [1.807, 2.05) is 13.8 Å². The first kappa shape index (κ1) is 20.3. The topological polar surface area (TPSA) is 37.6 Å². The van der Waals surface area contributed by atoms with Crippen molar-refractivity contribution >= 4 is 32.6 Å². The molecule has 0 aliphatic heterocycles. The predicted octanol–water partition coefficient (Wildman–Crippen LogP) is 3.29. The molecule has 2 aromatic carbocycles. The zero-order valence-corrected chi connectivity index (χ0v) is 16.5. The molecule has 148 valence electrons. The van der Waals surface area contributed by atoms with Crippen LogP contribution in [0.4, 0.5) is 18.3 Å². The van der Waals surface area contributed by atoms with Gasteiger partial charge in [0.05, 0.1) is 30.9 Å². The van der Waals surface area contributed by atoms with Crippen molar-refractivity contribution in [1.82, 2.24) is 4.98 Å². The van der Waals surface area contributed by atoms with Crippen molar-refractivity contribution in [3.8, 4) is 0 Å². The number of benzene rings is 2. The van der Waals surface area contributed by atoms with Crippen molar-refractivity contribution in [2.45, 2.75) is 13.8 Å². The number of likely N-dealkylation sites (N-methyl/N-ethyl adjacent to an activating group) is 1. The molecule has 1 aromatic heterocycles. The number of hydrogen-bond acceptors (Lipinski definition) is 3. The van der Waals surface area contributed by atoms with Crippen molar-refractivity contribution in [1.29, 1.82) is 0 Å². The van der Waals surface area contributed by atoms with Gasteiger partial charge in [0.15, 0.2) is 5.13 Å². The number of quaternary nitrogens is 1. The molecule has 3 rings (SSSR count). The number of halogens is 3. The first-order valence-electron chi connectivity index (χ1n) is 9.10. The number of nitrogens with one attached hydrogen (secondary N) is 1. The molecule has 3 aromatic rings. The Kier molecular flexibility index (Phi) is 6.31. The maximum Gasteiger partial charge on any atom is 0.266 e. The number of aromatic nitrogens is 1. The fraction of sp³-hybridized carbons (Fsp3) is 0.300. The minimum Gasteiger partial charge on any atom is -0.334 e. The number of carbonyl (C=O) groups excluding carboxylic acids is 1. The summed E-state index contributed by atoms with van der Waals surface area (Å²) in [5.41, 5.74) is -0.485. The zero-order valence-electron chi connectivity index (χ0n) is 15.6. The van der Waals surface area contributed by atoms with E-state index < -0.39 is 28.9 Å². The molecular weight excluding hydrogens is 387 g/mol. The van der Waals surface area contributed by atoms with Crippen LogP contribution in [0, 0.1) is 17.5 Å². The van der Waals surface area contributed by atoms with Crippen molar-refractivity contribution in [3.05, 3.63) is 59.4 Å². The summed E-state index contributed by atoms with van der Waals surface area (Å²) in [6, 6.07) is 7.84. The lowest BCUT2D eigenvalue weighted by Gasteiger charge is -2.23. The Morgan fingerprint density at radius 3 is 2.25 bits per heavy atom. The fourth-order valence-corrected chi connectivity index (χ4v) is 4.02. The summed E-state index contributed by atoms with van der Waals surface area (Å²) in [5, 5.41) is 0.222. The number of hydrogen-bond donors (Lipinski definition) is 1. The highest BCUT2D eigenvalue weighted by molar-refractivity contribution is 7.22. The first-order chi connectivity index (χ1) is 13.5. The lowest BCUT2D eigenvalue weighted by molar-refractivity contribution is -0.894. The molecule has 1 heterocycles. The largest absolute Gasteiger partial charge is 0.334 e. The van der Waals surface area contributed by atoms with E-state index in [-0.39, 0.29) is 17.2 Å². The number of anilines is 1. The molecular formula is C20H21F3N3OS+. The molecule has 28 heavy (non-hydrogen) atoms. The van der Waals surface area contributed by atoms with Gasteiger partial charge in [-0.25, -0.2) is 18.2 Å². The lowest BCUT2D eigenvalue weighted by Crippen LogP contribution is -3.12. The van der Waals surface area contributed by atoms with Crippen LogP contribution in [-0.2, 0) is 0 Å². The summed E-state index contributed by atoms with van der Waals surface area (Å²) in [7, 11) is 0. The van der Waals surface area contributed by atoms with Gasteiger partial charge in [-0.2, -0.15) is 0 Å². The summed E-state index contributed by atoms with van der Waals surface area (Å²) in [6.45, 7) is 6.53. The second-order valence-corrected chi connectivity index (χ2v) is 7.35. The molecule has 0 atom stereocenters. The van der Waals surface area contributed by atoms with Crippen LogP contribution >= 0.6 is 11.3 Å². The van der Waals surface area contributed by atoms with Gasteiger partial charge in [-0.1, -0.05) is 23.5 Å². The third kappa shape index (κ3) is 4.02. The Hall–Kier alpha value is -2.45. The standard InChI is InChI=1S/C20H20F3N3OS/c1-3-25(4-2)11-12-26(19(27)17-13(21)7-5-8-14(17)22)20-24-18-15(23)9-6-10-16(18)28-20/h5-10H,3-4,11-12H2,1-2H3/p+1. The maximum absolute atomic E-state index is 14.2. The molecule has 1 amide bonds. The quantitative estimate of drug-likeness (QED) is 0.652. The number of rotatable bonds is 7. The van der Waals surface area contributed by atoms with Gasteiger partial charge >= 0.3 is 0 Å². The molecule has 0 aliphatic rings. The number of thiazole rings is 1. The van der Waals surface area contributed by atoms with Crippen molar-refractivity contribution in [2.75, 3.05) is 31.1 Å². The van der Waals surface area contributed by atoms with E-state index in [1.165, 1.54) is 21.9 Å². The Morgan fingerprint density at radius 1 is 1.04 bits per heavy atom. The number of carbonyl (C=O) groups is 1. The molecule has 0 saturated carbocycles. The predicted molar refractivity (Wildman–Crippen MR) is 105 cm³/mol. The highest BCUT2D eigenvalue weighted by Crippen LogP contribution is 2.31. The normalized spacial score (nSPS) is 11.4. The second kappa shape index (κ2) is 8.70. The molecule has 4 nitrogen and oxygen atoms in total. The van der Waals surface area contributed by atoms with E-state index in [4.69, 9.17) is 0 Å². The minimum absolute atomic E-state index is 0.143. The SMILES string of the molecule is CC[NH+](CC)CCN(C(=O)c1c(F)cccc1F)c1nc2c(F)cccc2s1. The third-order valence-corrected chi connectivity index (χ3v) is 5.74. The number of nitrogens with zero attached hydrogens (tertiary/aromatic N) is 2. The number of amides is 1. The van der Waals surface area contributed by atoms with Crippen LogP contribution in [0.3, 0.4) is 0 Å². The summed E-state index contributed by atoms with van der Waals surface area (Å²) >= 11 is 1.12. The summed E-state index contributed by atoms with van der Waals surface area (Å²) in [5.74, 6) is -3.18. The Bertz CT molecular complexity index is 968. The fourth-order valence-electron chi connectivity index (χ4n) is 3.01. The average Bonchev–Trinajstić information content (AvgIpc) is 3.10. The molecule has 0 fully saturated rings. The Balaban J connectivity index is 2.03. The number of para-hydroxylation sites is 1. The van der Waals surface area contributed by atoms with E-state index in [1.54, 1.807) is 12.1 Å². The first-order valence-corrected chi connectivity index (χ1v) is 9.92. The second-order valence-electron chi connectivity index (χ2n) is 6.34. The van der Waals surface area contributed by atoms with Crippen LogP contribution < -0.4 is 9.80 Å². The minimum atomic E-state index is -0.933. The molecule has 0 unspecified atom stereocenters. The summed E-state index contributed by atoms with van der Waals surface area (Å²) in [6.07, 6.45) is 0. The molecule has 1 N–H and O–H groups in total. The van der Waals surface area contributed by atoms with Crippen LogP contribution in [0.1, 0.15) is 24.2 Å². The van der Waals surface area contributed by atoms with Gasteiger partial charge in [0.1, 0.15) is 28.5 Å². The monoisotopic (exact) mass is 408 g/mol. The number of fused-ring (bicyclic) bond motifs is 1. The molecule has 0 bridgehead atoms. The van der Waals surface area contributed by atoms with Crippen molar-refractivity contribution in [3.63, 3.8) is 0 Å². The average molecular weight is 408 g/mol. The lowest BCUT2D eigenvalue weighted by atomic mass is 10.1. The van der Waals surface area contributed by atoms with Crippen molar-refractivity contribution in [2.24, 2.45) is 0 Å². The van der Waals surface area contributed by atoms with Crippen LogP contribution in [0.5, 0.6) is 0 Å². The van der Waals surface area contributed by atoms with Gasteiger partial charge in [0.25, 0.3) is 5.91 Å². The summed E-state index contributed by atoms with van der Waals surface area (Å²) in [4.78, 5) is 19.8. The van der Waals surface area contributed by atoms with Crippen molar-refractivity contribution < 1.29 is 22.9 Å². The highest BCUT2D eigenvalue weighted by Gasteiger charge is 2.27. The molecule has 8 heteroatoms. The highest BCUT2D eigenvalue weighted by atomic mass is 32.1. The maximum atomic E-state index is 14.2. The van der Waals surface area contributed by atoms with Gasteiger partial charge < -0.3 is 4.90 Å². The van der Waals surface area contributed by atoms with E-state index in [9.17, 15) is 18.0 Å². The van der Waals surface area contributed by atoms with Crippen LogP contribution in [0.2, 0.25) is 0 Å². The molecule has 0 spiro atoms. The van der Waals surface area contributed by atoms with Crippen LogP contribution in [0.15, 0.2) is 36.4 Å². The molecule has 0 aliphatic carbocycles. The Morgan fingerprint density at radius 2 is 1.64 bits per heavy atom. The van der Waals surface area contributed by atoms with E-state index >= 15 is 0 Å².